The summed E-state index contributed by atoms with van der Waals surface area (Å²) in [6.45, 7) is -2.74. The van der Waals surface area contributed by atoms with Crippen molar-refractivity contribution < 1.29 is 23.0 Å². The Labute approximate surface area is 145 Å². The summed E-state index contributed by atoms with van der Waals surface area (Å²) in [4.78, 5) is 16.0. The summed E-state index contributed by atoms with van der Waals surface area (Å²) < 4.78 is 34.1. The zero-order chi connectivity index (χ0) is 17.9. The van der Waals surface area contributed by atoms with Crippen LogP contribution in [0.25, 0.3) is 0 Å². The molecule has 0 unspecified atom stereocenters. The minimum Gasteiger partial charge on any atom is -0.417 e. The number of aromatic nitrogens is 1. The third-order valence-electron chi connectivity index (χ3n) is 5.12. The van der Waals surface area contributed by atoms with Crippen LogP contribution in [0.2, 0.25) is 0 Å². The number of pyridine rings is 1. The Morgan fingerprint density at radius 2 is 2.20 bits per heavy atom. The van der Waals surface area contributed by atoms with Gasteiger partial charge in [0.15, 0.2) is 0 Å². The summed E-state index contributed by atoms with van der Waals surface area (Å²) in [6.07, 6.45) is 7.27. The van der Waals surface area contributed by atoms with E-state index in [9.17, 15) is 13.6 Å². The maximum Gasteiger partial charge on any atom is 0.388 e. The molecule has 2 aliphatic carbocycles. The minimum absolute atomic E-state index is 0.193. The Morgan fingerprint density at radius 1 is 1.44 bits per heavy atom. The van der Waals surface area contributed by atoms with E-state index in [0.717, 1.165) is 12.8 Å². The number of carbonyl (C=O) groups excluding carboxylic acids is 1. The summed E-state index contributed by atoms with van der Waals surface area (Å²) in [5, 5.41) is 5.80. The van der Waals surface area contributed by atoms with Crippen LogP contribution < -0.4 is 15.4 Å². The van der Waals surface area contributed by atoms with Gasteiger partial charge in [-0.3, -0.25) is 0 Å². The molecular weight excluding hydrogens is 332 g/mol. The molecule has 2 fully saturated rings. The van der Waals surface area contributed by atoms with E-state index >= 15 is 0 Å². The smallest absolute Gasteiger partial charge is 0.388 e. The van der Waals surface area contributed by atoms with Crippen molar-refractivity contribution in [3.8, 4) is 5.88 Å². The number of hydrogen-bond donors (Lipinski definition) is 2. The van der Waals surface area contributed by atoms with Crippen LogP contribution in [-0.4, -0.2) is 37.4 Å². The Morgan fingerprint density at radius 3 is 2.80 bits per heavy atom. The zero-order valence-corrected chi connectivity index (χ0v) is 14.1. The van der Waals surface area contributed by atoms with Crippen LogP contribution in [0.3, 0.4) is 0 Å². The minimum atomic E-state index is -2.95. The van der Waals surface area contributed by atoms with Crippen LogP contribution in [0.15, 0.2) is 18.3 Å². The number of nitrogens with zero attached hydrogens (tertiary/aromatic N) is 1. The Hall–Kier alpha value is -1.96. The van der Waals surface area contributed by atoms with Gasteiger partial charge in [-0.15, -0.1) is 0 Å². The molecule has 3 rings (SSSR count). The van der Waals surface area contributed by atoms with Crippen molar-refractivity contribution in [3.63, 3.8) is 0 Å². The lowest BCUT2D eigenvalue weighted by atomic mass is 9.54. The van der Waals surface area contributed by atoms with E-state index in [0.29, 0.717) is 11.0 Å². The summed E-state index contributed by atoms with van der Waals surface area (Å²) in [6, 6.07) is 2.46. The molecule has 6 nitrogen and oxygen atoms in total. The fraction of sp³-hybridized carbons (Fsp3) is 0.647. The number of hydrogen-bond acceptors (Lipinski definition) is 4. The van der Waals surface area contributed by atoms with Crippen LogP contribution >= 0.6 is 0 Å². The van der Waals surface area contributed by atoms with Crippen LogP contribution in [-0.2, 0) is 4.74 Å². The van der Waals surface area contributed by atoms with Gasteiger partial charge >= 0.3 is 12.6 Å². The van der Waals surface area contributed by atoms with Crippen molar-refractivity contribution >= 4 is 6.03 Å². The first-order chi connectivity index (χ1) is 12.0. The SMILES string of the molecule is COC[C@H](NC(=O)NC1CC2(CCC2)C1)c1ccnc(OC(F)F)c1. The number of carbonyl (C=O) groups is 1. The molecule has 1 aromatic heterocycles. The Bertz CT molecular complexity index is 603. The molecule has 1 heterocycles. The van der Waals surface area contributed by atoms with Gasteiger partial charge in [-0.1, -0.05) is 6.42 Å². The van der Waals surface area contributed by atoms with Gasteiger partial charge < -0.3 is 20.1 Å². The topological polar surface area (TPSA) is 72.5 Å². The molecule has 2 N–H and O–H groups in total. The van der Waals surface area contributed by atoms with Crippen LogP contribution in [0, 0.1) is 5.41 Å². The molecule has 0 aromatic carbocycles. The third kappa shape index (κ3) is 4.36. The highest BCUT2D eigenvalue weighted by atomic mass is 19.3. The predicted octanol–water partition coefficient (Wildman–Crippen LogP) is 3.00. The first-order valence-corrected chi connectivity index (χ1v) is 8.46. The van der Waals surface area contributed by atoms with E-state index < -0.39 is 12.7 Å². The molecule has 1 atom stereocenters. The number of ether oxygens (including phenoxy) is 2. The monoisotopic (exact) mass is 355 g/mol. The zero-order valence-electron chi connectivity index (χ0n) is 14.1. The van der Waals surface area contributed by atoms with Gasteiger partial charge in [0.05, 0.1) is 12.6 Å². The number of urea groups is 1. The van der Waals surface area contributed by atoms with Crippen molar-refractivity contribution in [2.45, 2.75) is 50.8 Å². The number of rotatable bonds is 7. The quantitative estimate of drug-likeness (QED) is 0.789. The first kappa shape index (κ1) is 17.8. The maximum atomic E-state index is 12.3. The molecule has 0 bridgehead atoms. The fourth-order valence-corrected chi connectivity index (χ4v) is 3.74. The van der Waals surface area contributed by atoms with Gasteiger partial charge in [-0.2, -0.15) is 8.78 Å². The third-order valence-corrected chi connectivity index (χ3v) is 5.12. The van der Waals surface area contributed by atoms with Crippen molar-refractivity contribution in [3.05, 3.63) is 23.9 Å². The molecule has 2 saturated carbocycles. The molecule has 0 saturated heterocycles. The Kier molecular flexibility index (Phi) is 5.36. The van der Waals surface area contributed by atoms with E-state index in [2.05, 4.69) is 20.4 Å². The second kappa shape index (κ2) is 7.51. The van der Waals surface area contributed by atoms with Crippen molar-refractivity contribution in [2.75, 3.05) is 13.7 Å². The average Bonchev–Trinajstić information content (AvgIpc) is 2.48. The van der Waals surface area contributed by atoms with E-state index in [-0.39, 0.29) is 24.6 Å². The molecule has 2 amide bonds. The predicted molar refractivity (Wildman–Crippen MR) is 86.5 cm³/mol. The van der Waals surface area contributed by atoms with Gasteiger partial charge in [0.2, 0.25) is 5.88 Å². The number of halogens is 2. The summed E-state index contributed by atoms with van der Waals surface area (Å²) >= 11 is 0. The van der Waals surface area contributed by atoms with Crippen LogP contribution in [0.5, 0.6) is 5.88 Å². The highest BCUT2D eigenvalue weighted by molar-refractivity contribution is 5.75. The fourth-order valence-electron chi connectivity index (χ4n) is 3.74. The van der Waals surface area contributed by atoms with Gasteiger partial charge in [-0.25, -0.2) is 9.78 Å². The highest BCUT2D eigenvalue weighted by Gasteiger charge is 2.48. The lowest BCUT2D eigenvalue weighted by Crippen LogP contribution is -2.55. The number of amides is 2. The second-order valence-electron chi connectivity index (χ2n) is 6.89. The maximum absolute atomic E-state index is 12.3. The molecule has 0 aliphatic heterocycles. The van der Waals surface area contributed by atoms with Crippen molar-refractivity contribution in [2.24, 2.45) is 5.41 Å². The van der Waals surface area contributed by atoms with E-state index in [1.54, 1.807) is 6.07 Å². The summed E-state index contributed by atoms with van der Waals surface area (Å²) in [5.74, 6) is -0.193. The van der Waals surface area contributed by atoms with Gasteiger partial charge in [0.1, 0.15) is 0 Å². The summed E-state index contributed by atoms with van der Waals surface area (Å²) in [7, 11) is 1.51. The van der Waals surface area contributed by atoms with Gasteiger partial charge in [0, 0.05) is 25.4 Å². The highest BCUT2D eigenvalue weighted by Crippen LogP contribution is 2.55. The van der Waals surface area contributed by atoms with Crippen LogP contribution in [0.1, 0.15) is 43.7 Å². The molecule has 2 aliphatic rings. The standard InChI is InChI=1S/C17H23F2N3O3/c1-24-10-13(11-3-6-20-14(7-11)25-15(18)19)22-16(23)21-12-8-17(9-12)4-2-5-17/h3,6-7,12-13,15H,2,4-5,8-10H2,1H3,(H2,21,22,23)/t13-/m0/s1. The largest absolute Gasteiger partial charge is 0.417 e. The number of methoxy groups -OCH3 is 1. The van der Waals surface area contributed by atoms with E-state index in [1.807, 2.05) is 0 Å². The van der Waals surface area contributed by atoms with Crippen molar-refractivity contribution in [1.82, 2.24) is 15.6 Å². The first-order valence-electron chi connectivity index (χ1n) is 8.46. The molecule has 138 valence electrons. The molecule has 1 spiro atoms. The number of nitrogens with one attached hydrogen (secondary N) is 2. The lowest BCUT2D eigenvalue weighted by molar-refractivity contribution is -0.0529. The number of alkyl halides is 2. The van der Waals surface area contributed by atoms with Gasteiger partial charge in [0.25, 0.3) is 0 Å². The van der Waals surface area contributed by atoms with Crippen molar-refractivity contribution in [1.29, 1.82) is 0 Å². The molecule has 1 aromatic rings. The molecular formula is C17H23F2N3O3. The lowest BCUT2D eigenvalue weighted by Gasteiger charge is -2.54. The van der Waals surface area contributed by atoms with Crippen LogP contribution in [0.4, 0.5) is 13.6 Å². The van der Waals surface area contributed by atoms with E-state index in [4.69, 9.17) is 4.74 Å². The molecule has 25 heavy (non-hydrogen) atoms. The van der Waals surface area contributed by atoms with Gasteiger partial charge in [-0.05, 0) is 42.7 Å². The molecule has 0 radical (unpaired) electrons. The van der Waals surface area contributed by atoms with E-state index in [1.165, 1.54) is 38.6 Å². The second-order valence-corrected chi connectivity index (χ2v) is 6.89. The summed E-state index contributed by atoms with van der Waals surface area (Å²) in [5.41, 5.74) is 1.07. The Balaban J connectivity index is 1.56. The normalized spacial score (nSPS) is 19.8. The molecule has 8 heteroatoms. The average molecular weight is 355 g/mol.